The molecule has 0 unspecified atom stereocenters. The molecule has 3 heterocycles. The number of nitrogens with two attached hydrogens (primary N) is 1. The van der Waals surface area contributed by atoms with Crippen LogP contribution in [0.2, 0.25) is 0 Å². The number of rotatable bonds is 3. The fourth-order valence-electron chi connectivity index (χ4n) is 2.78. The largest absolute Gasteiger partial charge is 0.419 e. The molecule has 1 amide bonds. The highest BCUT2D eigenvalue weighted by Gasteiger charge is 2.34. The van der Waals surface area contributed by atoms with E-state index in [-0.39, 0.29) is 11.5 Å². The van der Waals surface area contributed by atoms with Crippen molar-refractivity contribution in [2.45, 2.75) is 13.1 Å². The maximum absolute atomic E-state index is 13.2. The van der Waals surface area contributed by atoms with Gasteiger partial charge >= 0.3 is 6.18 Å². The van der Waals surface area contributed by atoms with Crippen LogP contribution < -0.4 is 11.1 Å². The van der Waals surface area contributed by atoms with Gasteiger partial charge in [-0.1, -0.05) is 23.5 Å². The number of nitrogens with one attached hydrogen (secondary N) is 1. The Kier molecular flexibility index (Phi) is 4.46. The van der Waals surface area contributed by atoms with E-state index in [0.717, 1.165) is 11.6 Å². The van der Waals surface area contributed by atoms with Crippen LogP contribution in [0.3, 0.4) is 0 Å². The van der Waals surface area contributed by atoms with Gasteiger partial charge in [0.05, 0.1) is 17.5 Å². The van der Waals surface area contributed by atoms with Crippen LogP contribution in [0, 0.1) is 0 Å². The number of pyridine rings is 1. The van der Waals surface area contributed by atoms with Crippen LogP contribution in [0.15, 0.2) is 42.7 Å². The molecule has 3 aromatic heterocycles. The van der Waals surface area contributed by atoms with E-state index in [1.807, 2.05) is 6.07 Å². The lowest BCUT2D eigenvalue weighted by atomic mass is 10.1. The zero-order chi connectivity index (χ0) is 20.8. The highest BCUT2D eigenvalue weighted by atomic mass is 32.1. The predicted molar refractivity (Wildman–Crippen MR) is 103 cm³/mol. The second-order valence-electron chi connectivity index (χ2n) is 6.16. The second kappa shape index (κ2) is 6.85. The average molecular weight is 418 g/mol. The fourth-order valence-corrected chi connectivity index (χ4v) is 3.65. The minimum absolute atomic E-state index is 0.197. The maximum atomic E-state index is 13.2. The zero-order valence-electron chi connectivity index (χ0n) is 14.9. The van der Waals surface area contributed by atoms with Gasteiger partial charge in [-0.25, -0.2) is 14.5 Å². The normalized spacial score (nSPS) is 11.7. The minimum atomic E-state index is -4.62. The van der Waals surface area contributed by atoms with Crippen LogP contribution in [0.1, 0.15) is 12.5 Å². The molecule has 7 nitrogen and oxygen atoms in total. The van der Waals surface area contributed by atoms with Crippen molar-refractivity contribution in [3.8, 4) is 21.8 Å². The first-order chi connectivity index (χ1) is 13.7. The molecular formula is C18H13F3N6OS. The van der Waals surface area contributed by atoms with Gasteiger partial charge in [-0.2, -0.15) is 18.3 Å². The van der Waals surface area contributed by atoms with E-state index in [2.05, 4.69) is 20.4 Å². The van der Waals surface area contributed by atoms with E-state index in [9.17, 15) is 18.0 Å². The molecular weight excluding hydrogens is 405 g/mol. The Bertz CT molecular complexity index is 1230. The molecule has 11 heteroatoms. The number of hydrogen-bond donors (Lipinski definition) is 2. The molecule has 0 saturated carbocycles. The highest BCUT2D eigenvalue weighted by molar-refractivity contribution is 7.19. The summed E-state index contributed by atoms with van der Waals surface area (Å²) < 4.78 is 40.9. The smallest absolute Gasteiger partial charge is 0.383 e. The van der Waals surface area contributed by atoms with Crippen LogP contribution >= 0.6 is 11.3 Å². The van der Waals surface area contributed by atoms with Crippen LogP contribution in [-0.4, -0.2) is 25.5 Å². The van der Waals surface area contributed by atoms with Gasteiger partial charge in [-0.15, -0.1) is 0 Å². The molecule has 0 atom stereocenters. The predicted octanol–water partition coefficient (Wildman–Crippen LogP) is 4.08. The summed E-state index contributed by atoms with van der Waals surface area (Å²) in [5.41, 5.74) is 6.27. The van der Waals surface area contributed by atoms with Crippen molar-refractivity contribution in [1.82, 2.24) is 19.6 Å². The van der Waals surface area contributed by atoms with Crippen molar-refractivity contribution >= 4 is 33.7 Å². The van der Waals surface area contributed by atoms with E-state index in [1.165, 1.54) is 35.2 Å². The summed E-state index contributed by atoms with van der Waals surface area (Å²) in [5, 5.41) is 7.77. The summed E-state index contributed by atoms with van der Waals surface area (Å²) >= 11 is 1.27. The molecule has 29 heavy (non-hydrogen) atoms. The van der Waals surface area contributed by atoms with Gasteiger partial charge in [0.1, 0.15) is 10.8 Å². The summed E-state index contributed by atoms with van der Waals surface area (Å²) in [6, 6.07) is 8.02. The summed E-state index contributed by atoms with van der Waals surface area (Å²) in [5.74, 6) is -0.787. The number of nitrogen functional groups attached to an aromatic ring is 1. The Balaban J connectivity index is 1.77. The third-order valence-corrected chi connectivity index (χ3v) is 5.01. The number of hydrogen-bond acceptors (Lipinski definition) is 6. The molecule has 1 aromatic carbocycles. The van der Waals surface area contributed by atoms with Crippen molar-refractivity contribution in [1.29, 1.82) is 0 Å². The topological polar surface area (TPSA) is 98.2 Å². The van der Waals surface area contributed by atoms with Crippen molar-refractivity contribution < 1.29 is 18.0 Å². The molecule has 3 N–H and O–H groups in total. The van der Waals surface area contributed by atoms with Gasteiger partial charge in [0.15, 0.2) is 0 Å². The van der Waals surface area contributed by atoms with Crippen LogP contribution in [0.25, 0.3) is 26.8 Å². The third-order valence-electron chi connectivity index (χ3n) is 4.04. The SMILES string of the molecule is CC(=O)Nc1cccc(-c2nn3c(-c4cnc(N)c(C(F)(F)F)c4)cnc3s2)c1. The van der Waals surface area contributed by atoms with E-state index in [1.54, 1.807) is 18.2 Å². The lowest BCUT2D eigenvalue weighted by Gasteiger charge is -2.10. The Morgan fingerprint density at radius 2 is 1.97 bits per heavy atom. The number of anilines is 2. The van der Waals surface area contributed by atoms with Crippen molar-refractivity contribution in [3.63, 3.8) is 0 Å². The lowest BCUT2D eigenvalue weighted by Crippen LogP contribution is -2.10. The number of amides is 1. The molecule has 0 aliphatic carbocycles. The number of carbonyl (C=O) groups excluding carboxylic acids is 1. The van der Waals surface area contributed by atoms with E-state index >= 15 is 0 Å². The second-order valence-corrected chi connectivity index (χ2v) is 7.12. The number of imidazole rings is 1. The van der Waals surface area contributed by atoms with Crippen LogP contribution in [-0.2, 0) is 11.0 Å². The monoisotopic (exact) mass is 418 g/mol. The third kappa shape index (κ3) is 3.63. The van der Waals surface area contributed by atoms with Crippen molar-refractivity contribution in [2.75, 3.05) is 11.1 Å². The average Bonchev–Trinajstić information content (AvgIpc) is 3.22. The van der Waals surface area contributed by atoms with Gasteiger partial charge in [0, 0.05) is 29.9 Å². The van der Waals surface area contributed by atoms with Crippen molar-refractivity contribution in [2.24, 2.45) is 0 Å². The van der Waals surface area contributed by atoms with E-state index in [4.69, 9.17) is 5.73 Å². The molecule has 4 rings (SSSR count). The van der Waals surface area contributed by atoms with Crippen LogP contribution in [0.5, 0.6) is 0 Å². The Morgan fingerprint density at radius 1 is 1.17 bits per heavy atom. The van der Waals surface area contributed by atoms with Gasteiger partial charge in [-0.05, 0) is 18.2 Å². The number of benzene rings is 1. The van der Waals surface area contributed by atoms with Gasteiger partial charge in [0.25, 0.3) is 0 Å². The molecule has 0 radical (unpaired) electrons. The molecule has 0 aliphatic rings. The zero-order valence-corrected chi connectivity index (χ0v) is 15.7. The molecule has 0 spiro atoms. The number of fused-ring (bicyclic) bond motifs is 1. The summed E-state index contributed by atoms with van der Waals surface area (Å²) in [7, 11) is 0. The Morgan fingerprint density at radius 3 is 2.69 bits per heavy atom. The van der Waals surface area contributed by atoms with Crippen molar-refractivity contribution in [3.05, 3.63) is 48.3 Å². The van der Waals surface area contributed by atoms with Gasteiger partial charge in [0.2, 0.25) is 10.9 Å². The first-order valence-corrected chi connectivity index (χ1v) is 9.09. The quantitative estimate of drug-likeness (QED) is 0.522. The van der Waals surface area contributed by atoms with Gasteiger partial charge < -0.3 is 11.1 Å². The number of halogens is 3. The molecule has 0 aliphatic heterocycles. The highest BCUT2D eigenvalue weighted by Crippen LogP contribution is 2.36. The van der Waals surface area contributed by atoms with E-state index < -0.39 is 17.6 Å². The number of alkyl halides is 3. The molecule has 148 valence electrons. The number of nitrogens with zero attached hydrogens (tertiary/aromatic N) is 4. The first-order valence-electron chi connectivity index (χ1n) is 8.28. The van der Waals surface area contributed by atoms with Gasteiger partial charge in [-0.3, -0.25) is 4.79 Å². The minimum Gasteiger partial charge on any atom is -0.383 e. The van der Waals surface area contributed by atoms with Crippen LogP contribution in [0.4, 0.5) is 24.7 Å². The summed E-state index contributed by atoms with van der Waals surface area (Å²) in [6.07, 6.45) is -1.93. The Labute approximate surface area is 166 Å². The Hall–Kier alpha value is -3.47. The maximum Gasteiger partial charge on any atom is 0.419 e. The fraction of sp³-hybridized carbons (Fsp3) is 0.111. The summed E-state index contributed by atoms with van der Waals surface area (Å²) in [6.45, 7) is 1.41. The molecule has 0 saturated heterocycles. The molecule has 0 bridgehead atoms. The lowest BCUT2D eigenvalue weighted by molar-refractivity contribution is -0.137. The number of aromatic nitrogens is 4. The molecule has 0 fully saturated rings. The molecule has 4 aromatic rings. The standard InChI is InChI=1S/C18H13F3N6OS/c1-9(28)25-12-4-2-3-10(5-12)16-26-27-14(8-24-17(27)29-16)11-6-13(18(19,20)21)15(22)23-7-11/h2-8H,1H3,(H2,22,23)(H,25,28). The summed E-state index contributed by atoms with van der Waals surface area (Å²) in [4.78, 5) is 19.7. The number of carbonyl (C=O) groups is 1. The first kappa shape index (κ1) is 18.9. The van der Waals surface area contributed by atoms with E-state index in [0.29, 0.717) is 21.3 Å².